The minimum atomic E-state index is -0.386. The van der Waals surface area contributed by atoms with Gasteiger partial charge in [-0.2, -0.15) is 0 Å². The van der Waals surface area contributed by atoms with Crippen LogP contribution in [0.5, 0.6) is 0 Å². The van der Waals surface area contributed by atoms with Gasteiger partial charge in [-0.3, -0.25) is 0 Å². The van der Waals surface area contributed by atoms with Crippen LogP contribution in [0.4, 0.5) is 0 Å². The van der Waals surface area contributed by atoms with Gasteiger partial charge < -0.3 is 0 Å². The quantitative estimate of drug-likeness (QED) is 0.160. The van der Waals surface area contributed by atoms with Crippen LogP contribution in [-0.2, 0) is 27.1 Å². The van der Waals surface area contributed by atoms with Crippen LogP contribution in [-0.4, -0.2) is 5.88 Å². The van der Waals surface area contributed by atoms with Gasteiger partial charge in [0, 0.05) is 23.1 Å². The fourth-order valence-electron chi connectivity index (χ4n) is 9.34. The summed E-state index contributed by atoms with van der Waals surface area (Å²) in [6.07, 6.45) is 0.838. The summed E-state index contributed by atoms with van der Waals surface area (Å²) < 4.78 is 0. The molecule has 0 bridgehead atoms. The van der Waals surface area contributed by atoms with Crippen LogP contribution in [0, 0.1) is 0 Å². The minimum absolute atomic E-state index is 0.0165. The summed E-state index contributed by atoms with van der Waals surface area (Å²) in [5.41, 5.74) is 17.8. The van der Waals surface area contributed by atoms with Crippen LogP contribution in [0.3, 0.4) is 0 Å². The van der Waals surface area contributed by atoms with Crippen molar-refractivity contribution in [3.8, 4) is 22.3 Å². The molecule has 1 heteroatoms. The molecule has 0 aliphatic heterocycles. The molecule has 0 fully saturated rings. The van der Waals surface area contributed by atoms with Crippen molar-refractivity contribution in [2.24, 2.45) is 0 Å². The van der Waals surface area contributed by atoms with Crippen molar-refractivity contribution in [2.45, 2.75) is 128 Å². The van der Waals surface area contributed by atoms with E-state index in [1.54, 1.807) is 0 Å². The number of benzene rings is 5. The molecule has 0 nitrogen and oxygen atoms in total. The summed E-state index contributed by atoms with van der Waals surface area (Å²) >= 11 is 7.22. The Morgan fingerprint density at radius 3 is 0.923 bits per heavy atom. The molecule has 5 aromatic carbocycles. The van der Waals surface area contributed by atoms with Gasteiger partial charge in [0.2, 0.25) is 0 Å². The smallest absolute Gasteiger partial charge is 0.0232 e. The van der Waals surface area contributed by atoms with Crippen LogP contribution < -0.4 is 0 Å². The van der Waals surface area contributed by atoms with E-state index in [9.17, 15) is 0 Å². The van der Waals surface area contributed by atoms with Crippen molar-refractivity contribution in [3.05, 3.63) is 153 Å². The number of halogens is 1. The van der Waals surface area contributed by atoms with Crippen LogP contribution in [0.1, 0.15) is 151 Å². The van der Waals surface area contributed by atoms with Gasteiger partial charge in [-0.05, 0) is 100 Å². The van der Waals surface area contributed by atoms with Crippen molar-refractivity contribution in [1.82, 2.24) is 0 Å². The van der Waals surface area contributed by atoms with Crippen molar-refractivity contribution in [1.29, 1.82) is 0 Å². The van der Waals surface area contributed by atoms with Crippen LogP contribution in [0.15, 0.2) is 103 Å². The fourth-order valence-corrected chi connectivity index (χ4v) is 9.65. The van der Waals surface area contributed by atoms with E-state index in [2.05, 4.69) is 186 Å². The number of hydrogen-bond acceptors (Lipinski definition) is 0. The molecule has 0 spiro atoms. The first-order valence-electron chi connectivity index (χ1n) is 19.5. The Bertz CT molecular complexity index is 1880. The summed E-state index contributed by atoms with van der Waals surface area (Å²) in [5, 5.41) is 0. The molecular formula is C51H59Cl. The maximum Gasteiger partial charge on any atom is 0.0232 e. The zero-order valence-corrected chi connectivity index (χ0v) is 34.5. The Hall–Kier alpha value is -3.61. The molecule has 0 saturated heterocycles. The van der Waals surface area contributed by atoms with Crippen molar-refractivity contribution in [2.75, 3.05) is 5.88 Å². The molecule has 0 saturated carbocycles. The predicted molar refractivity (Wildman–Crippen MR) is 226 cm³/mol. The van der Waals surface area contributed by atoms with Crippen molar-refractivity contribution >= 4 is 11.6 Å². The Kier molecular flexibility index (Phi) is 8.82. The molecule has 2 aliphatic rings. The van der Waals surface area contributed by atoms with Gasteiger partial charge in [-0.15, -0.1) is 11.6 Å². The van der Waals surface area contributed by atoms with Crippen LogP contribution >= 0.6 is 11.6 Å². The topological polar surface area (TPSA) is 0 Å². The first-order chi connectivity index (χ1) is 24.3. The lowest BCUT2D eigenvalue weighted by molar-refractivity contribution is 0.327. The van der Waals surface area contributed by atoms with Crippen molar-refractivity contribution in [3.63, 3.8) is 0 Å². The lowest BCUT2D eigenvalue weighted by Crippen LogP contribution is -2.41. The number of alkyl halides is 1. The Morgan fingerprint density at radius 1 is 0.385 bits per heavy atom. The molecule has 0 unspecified atom stereocenters. The third kappa shape index (κ3) is 5.98. The lowest BCUT2D eigenvalue weighted by atomic mass is 9.55. The summed E-state index contributed by atoms with van der Waals surface area (Å²) in [7, 11) is 0. The molecule has 2 aliphatic carbocycles. The predicted octanol–water partition coefficient (Wildman–Crippen LogP) is 14.4. The summed E-state index contributed by atoms with van der Waals surface area (Å²) in [4.78, 5) is 0. The van der Waals surface area contributed by atoms with Gasteiger partial charge in [-0.1, -0.05) is 186 Å². The van der Waals surface area contributed by atoms with E-state index in [-0.39, 0.29) is 38.9 Å². The fraction of sp³-hybridized carbons (Fsp3) is 0.412. The third-order valence-electron chi connectivity index (χ3n) is 12.3. The van der Waals surface area contributed by atoms with E-state index in [0.717, 1.165) is 6.42 Å². The molecule has 52 heavy (non-hydrogen) atoms. The van der Waals surface area contributed by atoms with E-state index in [0.29, 0.717) is 5.88 Å². The Morgan fingerprint density at radius 2 is 0.673 bits per heavy atom. The molecule has 0 aromatic heterocycles. The normalized spacial score (nSPS) is 15.0. The van der Waals surface area contributed by atoms with E-state index >= 15 is 0 Å². The van der Waals surface area contributed by atoms with E-state index in [4.69, 9.17) is 11.6 Å². The molecule has 0 radical (unpaired) electrons. The zero-order chi connectivity index (χ0) is 37.6. The second-order valence-corrected chi connectivity index (χ2v) is 20.3. The van der Waals surface area contributed by atoms with Gasteiger partial charge >= 0.3 is 0 Å². The second-order valence-electron chi connectivity index (χ2n) is 19.9. The van der Waals surface area contributed by atoms with Gasteiger partial charge in [-0.25, -0.2) is 0 Å². The molecule has 7 rings (SSSR count). The second kappa shape index (κ2) is 12.5. The molecular weight excluding hydrogens is 648 g/mol. The molecule has 0 amide bonds. The van der Waals surface area contributed by atoms with E-state index in [1.165, 1.54) is 72.3 Å². The molecule has 0 atom stereocenters. The third-order valence-corrected chi connectivity index (χ3v) is 12.5. The average Bonchev–Trinajstić information content (AvgIpc) is 3.58. The van der Waals surface area contributed by atoms with Crippen molar-refractivity contribution < 1.29 is 0 Å². The number of rotatable bonds is 5. The highest BCUT2D eigenvalue weighted by Crippen LogP contribution is 2.65. The van der Waals surface area contributed by atoms with Gasteiger partial charge in [0.25, 0.3) is 0 Å². The highest BCUT2D eigenvalue weighted by Gasteiger charge is 2.55. The zero-order valence-electron chi connectivity index (χ0n) is 33.8. The summed E-state index contributed by atoms with van der Waals surface area (Å²) in [5.74, 6) is 0.736. The van der Waals surface area contributed by atoms with Crippen LogP contribution in [0.2, 0.25) is 0 Å². The molecule has 0 heterocycles. The molecule has 5 aromatic rings. The minimum Gasteiger partial charge on any atom is -0.127 e. The highest BCUT2D eigenvalue weighted by molar-refractivity contribution is 6.18. The monoisotopic (exact) mass is 706 g/mol. The van der Waals surface area contributed by atoms with Crippen LogP contribution in [0.25, 0.3) is 22.3 Å². The van der Waals surface area contributed by atoms with Gasteiger partial charge in [0.15, 0.2) is 0 Å². The maximum atomic E-state index is 7.22. The van der Waals surface area contributed by atoms with Gasteiger partial charge in [0.1, 0.15) is 0 Å². The molecule has 0 N–H and O–H groups in total. The largest absolute Gasteiger partial charge is 0.127 e. The Labute approximate surface area is 320 Å². The van der Waals surface area contributed by atoms with E-state index in [1.807, 2.05) is 0 Å². The lowest BCUT2D eigenvalue weighted by Gasteiger charge is -2.47. The maximum absolute atomic E-state index is 7.22. The highest BCUT2D eigenvalue weighted by atomic mass is 35.5. The van der Waals surface area contributed by atoms with E-state index < -0.39 is 0 Å². The average molecular weight is 707 g/mol. The Balaban J connectivity index is 1.66. The first-order valence-corrected chi connectivity index (χ1v) is 20.0. The number of fused-ring (bicyclic) bond motifs is 6. The SMILES string of the molecule is CC(C)(C)c1ccc2c(c1)C(C(CCCl)(c1ccccc1)C1c3cc(C(C)(C)C)ccc3-c3ccc(C(C)(C)C)cc31)c1cc(C(C)(C)C)ccc1-2. The summed E-state index contributed by atoms with van der Waals surface area (Å²) in [6, 6.07) is 40.9. The molecule has 270 valence electrons. The standard InChI is InChI=1S/C51H59Cl/c1-47(2,3)33-18-22-37-38-23-19-34(48(4,5)6)29-42(38)45(41(37)28-33)51(26-27-52,32-16-14-13-15-17-32)46-43-30-35(49(7,8)9)20-24-39(43)40-25-21-36(31-44(40)46)50(10,11)12/h13-25,28-31,45-46H,26-27H2,1-12H3. The summed E-state index contributed by atoms with van der Waals surface area (Å²) in [6.45, 7) is 28.1. The van der Waals surface area contributed by atoms with Gasteiger partial charge in [0.05, 0.1) is 0 Å². The first kappa shape index (κ1) is 36.7. The number of hydrogen-bond donors (Lipinski definition) is 0.